The van der Waals surface area contributed by atoms with Gasteiger partial charge >= 0.3 is 0 Å². The highest BCUT2D eigenvalue weighted by Crippen LogP contribution is 2.22. The predicted molar refractivity (Wildman–Crippen MR) is 114 cm³/mol. The lowest BCUT2D eigenvalue weighted by atomic mass is 10.1. The van der Waals surface area contributed by atoms with Crippen molar-refractivity contribution < 1.29 is 4.79 Å². The molecule has 0 aliphatic heterocycles. The van der Waals surface area contributed by atoms with Crippen molar-refractivity contribution in [3.05, 3.63) is 55.9 Å². The number of halogens is 1. The third kappa shape index (κ3) is 5.94. The highest BCUT2D eigenvalue weighted by atomic mass is 79.9. The maximum absolute atomic E-state index is 12.8. The zero-order valence-corrected chi connectivity index (χ0v) is 18.8. The number of amides is 1. The maximum Gasteiger partial charge on any atom is 0.257 e. The molecule has 1 aromatic carbocycles. The molecule has 0 radical (unpaired) electrons. The standard InChI is InChI=1S/C20H26BrN3O2S/c1-12(2)11-22-18(25)14(4)27-20-23-13(3)17(19(26)24(20)5)10-15-6-8-16(21)9-7-15/h6-9,12,14H,10-11H2,1-5H3,(H,22,25). The van der Waals surface area contributed by atoms with Crippen LogP contribution in [-0.4, -0.2) is 27.3 Å². The van der Waals surface area contributed by atoms with Gasteiger partial charge < -0.3 is 5.32 Å². The van der Waals surface area contributed by atoms with Crippen molar-refractivity contribution in [3.63, 3.8) is 0 Å². The van der Waals surface area contributed by atoms with Gasteiger partial charge in [0.15, 0.2) is 5.16 Å². The van der Waals surface area contributed by atoms with Crippen molar-refractivity contribution in [2.24, 2.45) is 13.0 Å². The van der Waals surface area contributed by atoms with Crippen molar-refractivity contribution in [1.29, 1.82) is 0 Å². The molecule has 0 aliphatic rings. The van der Waals surface area contributed by atoms with Crippen LogP contribution in [0, 0.1) is 12.8 Å². The number of hydrogen-bond acceptors (Lipinski definition) is 4. The van der Waals surface area contributed by atoms with E-state index in [0.29, 0.717) is 35.3 Å². The summed E-state index contributed by atoms with van der Waals surface area (Å²) in [7, 11) is 1.71. The first-order chi connectivity index (χ1) is 12.7. The molecule has 1 aromatic heterocycles. The van der Waals surface area contributed by atoms with Gasteiger partial charge in [-0.3, -0.25) is 14.2 Å². The fraction of sp³-hybridized carbons (Fsp3) is 0.450. The molecule has 5 nitrogen and oxygen atoms in total. The Morgan fingerprint density at radius 1 is 1.26 bits per heavy atom. The number of aryl methyl sites for hydroxylation is 1. The average Bonchev–Trinajstić information content (AvgIpc) is 2.62. The van der Waals surface area contributed by atoms with Gasteiger partial charge in [0.1, 0.15) is 0 Å². The Morgan fingerprint density at radius 3 is 2.48 bits per heavy atom. The molecular formula is C20H26BrN3O2S. The number of carbonyl (C=O) groups excluding carboxylic acids is 1. The van der Waals surface area contributed by atoms with Gasteiger partial charge in [0.05, 0.1) is 5.25 Å². The average molecular weight is 452 g/mol. The van der Waals surface area contributed by atoms with Crippen LogP contribution in [0.15, 0.2) is 38.7 Å². The normalized spacial score (nSPS) is 12.3. The second-order valence-electron chi connectivity index (χ2n) is 7.02. The first-order valence-electron chi connectivity index (χ1n) is 8.94. The van der Waals surface area contributed by atoms with Crippen LogP contribution < -0.4 is 10.9 Å². The Kier molecular flexibility index (Phi) is 7.68. The van der Waals surface area contributed by atoms with E-state index in [0.717, 1.165) is 10.0 Å². The van der Waals surface area contributed by atoms with Crippen molar-refractivity contribution in [2.75, 3.05) is 6.54 Å². The summed E-state index contributed by atoms with van der Waals surface area (Å²) in [5.74, 6) is 0.355. The molecule has 2 aromatic rings. The van der Waals surface area contributed by atoms with E-state index in [2.05, 4.69) is 40.1 Å². The quantitative estimate of drug-likeness (QED) is 0.514. The van der Waals surface area contributed by atoms with E-state index in [9.17, 15) is 9.59 Å². The van der Waals surface area contributed by atoms with E-state index in [1.54, 1.807) is 7.05 Å². The second kappa shape index (κ2) is 9.55. The summed E-state index contributed by atoms with van der Waals surface area (Å²) in [6, 6.07) is 7.91. The zero-order chi connectivity index (χ0) is 20.1. The summed E-state index contributed by atoms with van der Waals surface area (Å²) in [5, 5.41) is 3.16. The van der Waals surface area contributed by atoms with Crippen molar-refractivity contribution in [3.8, 4) is 0 Å². The van der Waals surface area contributed by atoms with Crippen LogP contribution >= 0.6 is 27.7 Å². The molecule has 0 fully saturated rings. The van der Waals surface area contributed by atoms with Crippen LogP contribution in [0.5, 0.6) is 0 Å². The lowest BCUT2D eigenvalue weighted by molar-refractivity contribution is -0.120. The molecular weight excluding hydrogens is 426 g/mol. The monoisotopic (exact) mass is 451 g/mol. The molecule has 1 amide bonds. The number of hydrogen-bond donors (Lipinski definition) is 1. The molecule has 1 atom stereocenters. The highest BCUT2D eigenvalue weighted by Gasteiger charge is 2.19. The molecule has 0 aliphatic carbocycles. The van der Waals surface area contributed by atoms with Gasteiger partial charge in [0.25, 0.3) is 5.56 Å². The molecule has 0 saturated heterocycles. The molecule has 0 spiro atoms. The van der Waals surface area contributed by atoms with Crippen molar-refractivity contribution in [2.45, 2.75) is 44.5 Å². The predicted octanol–water partition coefficient (Wildman–Crippen LogP) is 3.69. The number of nitrogens with one attached hydrogen (secondary N) is 1. The maximum atomic E-state index is 12.8. The molecule has 1 unspecified atom stereocenters. The lowest BCUT2D eigenvalue weighted by Gasteiger charge is -2.16. The number of thioether (sulfide) groups is 1. The number of carbonyl (C=O) groups is 1. The highest BCUT2D eigenvalue weighted by molar-refractivity contribution is 9.10. The van der Waals surface area contributed by atoms with E-state index in [1.165, 1.54) is 16.3 Å². The number of aromatic nitrogens is 2. The first-order valence-corrected chi connectivity index (χ1v) is 10.6. The Balaban J connectivity index is 2.19. The van der Waals surface area contributed by atoms with Crippen LogP contribution in [0.4, 0.5) is 0 Å². The van der Waals surface area contributed by atoms with E-state index in [-0.39, 0.29) is 16.7 Å². The minimum absolute atomic E-state index is 0.0421. The SMILES string of the molecule is Cc1nc(SC(C)C(=O)NCC(C)C)n(C)c(=O)c1Cc1ccc(Br)cc1. The van der Waals surface area contributed by atoms with Crippen LogP contribution in [0.3, 0.4) is 0 Å². The Morgan fingerprint density at radius 2 is 1.89 bits per heavy atom. The summed E-state index contributed by atoms with van der Waals surface area (Å²) >= 11 is 4.73. The zero-order valence-electron chi connectivity index (χ0n) is 16.4. The molecule has 1 N–H and O–H groups in total. The van der Waals surface area contributed by atoms with E-state index in [4.69, 9.17) is 0 Å². The van der Waals surface area contributed by atoms with E-state index in [1.807, 2.05) is 38.1 Å². The van der Waals surface area contributed by atoms with Gasteiger partial charge in [-0.05, 0) is 37.5 Å². The summed E-state index contributed by atoms with van der Waals surface area (Å²) < 4.78 is 2.54. The molecule has 1 heterocycles. The van der Waals surface area contributed by atoms with Crippen LogP contribution in [0.25, 0.3) is 0 Å². The Labute approximate surface area is 173 Å². The van der Waals surface area contributed by atoms with E-state index < -0.39 is 0 Å². The molecule has 7 heteroatoms. The summed E-state index contributed by atoms with van der Waals surface area (Å²) in [6.07, 6.45) is 0.536. The van der Waals surface area contributed by atoms with Crippen molar-refractivity contribution >= 4 is 33.6 Å². The molecule has 27 heavy (non-hydrogen) atoms. The number of nitrogens with zero attached hydrogens (tertiary/aromatic N) is 2. The number of rotatable bonds is 7. The fourth-order valence-electron chi connectivity index (χ4n) is 2.51. The second-order valence-corrected chi connectivity index (χ2v) is 9.25. The third-order valence-corrected chi connectivity index (χ3v) is 5.85. The minimum atomic E-state index is -0.321. The van der Waals surface area contributed by atoms with Gasteiger partial charge in [-0.2, -0.15) is 0 Å². The Bertz CT molecular complexity index is 863. The summed E-state index contributed by atoms with van der Waals surface area (Å²) in [6.45, 7) is 8.43. The summed E-state index contributed by atoms with van der Waals surface area (Å²) in [5.41, 5.74) is 2.38. The largest absolute Gasteiger partial charge is 0.355 e. The first kappa shape index (κ1) is 21.7. The molecule has 0 bridgehead atoms. The lowest BCUT2D eigenvalue weighted by Crippen LogP contribution is -2.34. The van der Waals surface area contributed by atoms with Crippen LogP contribution in [0.1, 0.15) is 37.6 Å². The van der Waals surface area contributed by atoms with Crippen molar-refractivity contribution in [1.82, 2.24) is 14.9 Å². The smallest absolute Gasteiger partial charge is 0.257 e. The summed E-state index contributed by atoms with van der Waals surface area (Å²) in [4.78, 5) is 29.7. The Hall–Kier alpha value is -1.60. The van der Waals surface area contributed by atoms with Gasteiger partial charge in [-0.15, -0.1) is 0 Å². The third-order valence-electron chi connectivity index (χ3n) is 4.18. The van der Waals surface area contributed by atoms with E-state index >= 15 is 0 Å². The van der Waals surface area contributed by atoms with Gasteiger partial charge in [-0.1, -0.05) is 53.7 Å². The van der Waals surface area contributed by atoms with Gasteiger partial charge in [0, 0.05) is 35.7 Å². The molecule has 2 rings (SSSR count). The minimum Gasteiger partial charge on any atom is -0.355 e. The van der Waals surface area contributed by atoms with Crippen LogP contribution in [-0.2, 0) is 18.3 Å². The fourth-order valence-corrected chi connectivity index (χ4v) is 3.71. The van der Waals surface area contributed by atoms with Gasteiger partial charge in [-0.25, -0.2) is 4.98 Å². The number of benzene rings is 1. The molecule has 146 valence electrons. The topological polar surface area (TPSA) is 64.0 Å². The van der Waals surface area contributed by atoms with Crippen LogP contribution in [0.2, 0.25) is 0 Å². The molecule has 0 saturated carbocycles. The van der Waals surface area contributed by atoms with Gasteiger partial charge in [0.2, 0.25) is 5.91 Å².